The third kappa shape index (κ3) is 3.27. The average molecular weight is 267 g/mol. The third-order valence-corrected chi connectivity index (χ3v) is 3.58. The van der Waals surface area contributed by atoms with E-state index < -0.39 is 0 Å². The molecule has 2 heteroatoms. The Morgan fingerprint density at radius 2 is 1.55 bits per heavy atom. The quantitative estimate of drug-likeness (QED) is 0.861. The zero-order valence-electron chi connectivity index (χ0n) is 12.1. The lowest BCUT2D eigenvalue weighted by Crippen LogP contribution is -2.34. The third-order valence-electron chi connectivity index (χ3n) is 3.58. The molecule has 0 aliphatic heterocycles. The highest BCUT2D eigenvalue weighted by atomic mass is 16.1. The van der Waals surface area contributed by atoms with Gasteiger partial charge >= 0.3 is 0 Å². The van der Waals surface area contributed by atoms with Crippen molar-refractivity contribution in [3.05, 3.63) is 60.2 Å². The molecule has 0 radical (unpaired) electrons. The fourth-order valence-corrected chi connectivity index (χ4v) is 2.31. The Morgan fingerprint density at radius 1 is 0.950 bits per heavy atom. The molecule has 2 nitrogen and oxygen atoms in total. The molecule has 0 aliphatic rings. The van der Waals surface area contributed by atoms with E-state index in [1.807, 2.05) is 54.6 Å². The molecule has 2 aromatic carbocycles. The first-order chi connectivity index (χ1) is 9.76. The minimum atomic E-state index is 0.0122. The maximum atomic E-state index is 12.5. The molecule has 0 aromatic heterocycles. The summed E-state index contributed by atoms with van der Waals surface area (Å²) in [6.45, 7) is 4.19. The lowest BCUT2D eigenvalue weighted by Gasteiger charge is -2.16. The molecule has 0 fully saturated rings. The van der Waals surface area contributed by atoms with Gasteiger partial charge in [-0.05, 0) is 30.0 Å². The van der Waals surface area contributed by atoms with E-state index >= 15 is 0 Å². The summed E-state index contributed by atoms with van der Waals surface area (Å²) < 4.78 is 0. The van der Waals surface area contributed by atoms with Crippen LogP contribution in [0.15, 0.2) is 54.6 Å². The van der Waals surface area contributed by atoms with Gasteiger partial charge in [0, 0.05) is 11.6 Å². The summed E-state index contributed by atoms with van der Waals surface area (Å²) in [7, 11) is 0. The number of carbonyl (C=O) groups is 1. The molecule has 0 bridgehead atoms. The van der Waals surface area contributed by atoms with E-state index in [4.69, 9.17) is 0 Å². The molecule has 0 atom stereocenters. The van der Waals surface area contributed by atoms with Crippen LogP contribution < -0.4 is 5.32 Å². The van der Waals surface area contributed by atoms with Gasteiger partial charge in [0.25, 0.3) is 5.91 Å². The van der Waals surface area contributed by atoms with Gasteiger partial charge in [-0.15, -0.1) is 0 Å². The van der Waals surface area contributed by atoms with Crippen molar-refractivity contribution in [1.82, 2.24) is 5.32 Å². The van der Waals surface area contributed by atoms with Gasteiger partial charge in [0.05, 0.1) is 0 Å². The van der Waals surface area contributed by atoms with Gasteiger partial charge in [0.1, 0.15) is 0 Å². The Hall–Kier alpha value is -2.09. The smallest absolute Gasteiger partial charge is 0.252 e. The van der Waals surface area contributed by atoms with Crippen LogP contribution in [0.3, 0.4) is 0 Å². The maximum absolute atomic E-state index is 12.5. The first-order valence-electron chi connectivity index (χ1n) is 7.21. The number of carbonyl (C=O) groups excluding carboxylic acids is 1. The summed E-state index contributed by atoms with van der Waals surface area (Å²) in [5, 5.41) is 3.10. The molecule has 1 N–H and O–H groups in total. The van der Waals surface area contributed by atoms with E-state index in [-0.39, 0.29) is 11.9 Å². The lowest BCUT2D eigenvalue weighted by atomic mass is 9.99. The SMILES string of the molecule is CCC(CC)NC(=O)c1ccccc1-c1ccccc1. The van der Waals surface area contributed by atoms with Gasteiger partial charge in [-0.25, -0.2) is 0 Å². The molecule has 0 spiro atoms. The predicted octanol–water partition coefficient (Wildman–Crippen LogP) is 4.27. The molecule has 104 valence electrons. The molecule has 0 heterocycles. The van der Waals surface area contributed by atoms with Crippen LogP contribution >= 0.6 is 0 Å². The molecule has 0 unspecified atom stereocenters. The number of amides is 1. The van der Waals surface area contributed by atoms with Crippen LogP contribution in [0.25, 0.3) is 11.1 Å². The monoisotopic (exact) mass is 267 g/mol. The number of hydrogen-bond acceptors (Lipinski definition) is 1. The molecule has 0 aliphatic carbocycles. The Bertz CT molecular complexity index is 559. The summed E-state index contributed by atoms with van der Waals surface area (Å²) in [6.07, 6.45) is 1.91. The molecule has 2 aromatic rings. The average Bonchev–Trinajstić information content (AvgIpc) is 2.53. The fraction of sp³-hybridized carbons (Fsp3) is 0.278. The second kappa shape index (κ2) is 6.90. The van der Waals surface area contributed by atoms with Crippen molar-refractivity contribution in [2.24, 2.45) is 0 Å². The minimum Gasteiger partial charge on any atom is -0.349 e. The van der Waals surface area contributed by atoms with Crippen molar-refractivity contribution < 1.29 is 4.79 Å². The van der Waals surface area contributed by atoms with Crippen LogP contribution in [0.4, 0.5) is 0 Å². The van der Waals surface area contributed by atoms with E-state index in [9.17, 15) is 4.79 Å². The number of nitrogens with one attached hydrogen (secondary N) is 1. The van der Waals surface area contributed by atoms with Gasteiger partial charge < -0.3 is 5.32 Å². The largest absolute Gasteiger partial charge is 0.349 e. The van der Waals surface area contributed by atoms with Crippen molar-refractivity contribution in [3.63, 3.8) is 0 Å². The standard InChI is InChI=1S/C18H21NO/c1-3-15(4-2)19-18(20)17-13-9-8-12-16(17)14-10-6-5-7-11-14/h5-13,15H,3-4H2,1-2H3,(H,19,20). The van der Waals surface area contributed by atoms with E-state index in [1.54, 1.807) is 0 Å². The molecule has 0 saturated heterocycles. The molecule has 20 heavy (non-hydrogen) atoms. The number of benzene rings is 2. The second-order valence-electron chi connectivity index (χ2n) is 4.90. The van der Waals surface area contributed by atoms with Gasteiger partial charge in [0.2, 0.25) is 0 Å². The van der Waals surface area contributed by atoms with Crippen LogP contribution in [0, 0.1) is 0 Å². The fourth-order valence-electron chi connectivity index (χ4n) is 2.31. The van der Waals surface area contributed by atoms with E-state index in [0.29, 0.717) is 0 Å². The van der Waals surface area contributed by atoms with Crippen molar-refractivity contribution in [2.75, 3.05) is 0 Å². The molecule has 2 rings (SSSR count). The summed E-state index contributed by atoms with van der Waals surface area (Å²) in [5.41, 5.74) is 2.80. The van der Waals surface area contributed by atoms with Crippen LogP contribution in [0.1, 0.15) is 37.0 Å². The van der Waals surface area contributed by atoms with E-state index in [1.165, 1.54) is 0 Å². The van der Waals surface area contributed by atoms with Crippen molar-refractivity contribution >= 4 is 5.91 Å². The van der Waals surface area contributed by atoms with Gasteiger partial charge in [-0.1, -0.05) is 62.4 Å². The van der Waals surface area contributed by atoms with Gasteiger partial charge in [-0.3, -0.25) is 4.79 Å². The number of rotatable bonds is 5. The Labute approximate surface area is 120 Å². The molecular formula is C18H21NO. The minimum absolute atomic E-state index is 0.0122. The van der Waals surface area contributed by atoms with Crippen LogP contribution in [-0.4, -0.2) is 11.9 Å². The molecular weight excluding hydrogens is 246 g/mol. The Kier molecular flexibility index (Phi) is 4.94. The summed E-state index contributed by atoms with van der Waals surface area (Å²) >= 11 is 0. The summed E-state index contributed by atoms with van der Waals surface area (Å²) in [6, 6.07) is 18.0. The topological polar surface area (TPSA) is 29.1 Å². The van der Waals surface area contributed by atoms with Gasteiger partial charge in [-0.2, -0.15) is 0 Å². The highest BCUT2D eigenvalue weighted by Crippen LogP contribution is 2.23. The summed E-state index contributed by atoms with van der Waals surface area (Å²) in [5.74, 6) is 0.0122. The van der Waals surface area contributed by atoms with E-state index in [0.717, 1.165) is 29.5 Å². The van der Waals surface area contributed by atoms with E-state index in [2.05, 4.69) is 19.2 Å². The van der Waals surface area contributed by atoms with Crippen molar-refractivity contribution in [1.29, 1.82) is 0 Å². The Morgan fingerprint density at radius 3 is 2.20 bits per heavy atom. The highest BCUT2D eigenvalue weighted by molar-refractivity contribution is 6.01. The first kappa shape index (κ1) is 14.3. The zero-order valence-corrected chi connectivity index (χ0v) is 12.1. The van der Waals surface area contributed by atoms with Gasteiger partial charge in [0.15, 0.2) is 0 Å². The van der Waals surface area contributed by atoms with Crippen molar-refractivity contribution in [3.8, 4) is 11.1 Å². The Balaban J connectivity index is 2.31. The summed E-state index contributed by atoms with van der Waals surface area (Å²) in [4.78, 5) is 12.5. The predicted molar refractivity (Wildman–Crippen MR) is 83.7 cm³/mol. The molecule has 1 amide bonds. The normalized spacial score (nSPS) is 10.6. The van der Waals surface area contributed by atoms with Crippen LogP contribution in [0.5, 0.6) is 0 Å². The number of hydrogen-bond donors (Lipinski definition) is 1. The second-order valence-corrected chi connectivity index (χ2v) is 4.90. The van der Waals surface area contributed by atoms with Crippen molar-refractivity contribution in [2.45, 2.75) is 32.7 Å². The van der Waals surface area contributed by atoms with Crippen LogP contribution in [0.2, 0.25) is 0 Å². The maximum Gasteiger partial charge on any atom is 0.252 e. The van der Waals surface area contributed by atoms with Crippen LogP contribution in [-0.2, 0) is 0 Å². The first-order valence-corrected chi connectivity index (χ1v) is 7.21. The zero-order chi connectivity index (χ0) is 14.4. The molecule has 0 saturated carbocycles. The lowest BCUT2D eigenvalue weighted by molar-refractivity contribution is 0.0935. The highest BCUT2D eigenvalue weighted by Gasteiger charge is 2.14.